The minimum absolute atomic E-state index is 0.229. The van der Waals surface area contributed by atoms with Gasteiger partial charge in [-0.25, -0.2) is 0 Å². The zero-order valence-corrected chi connectivity index (χ0v) is 6.71. The lowest BCUT2D eigenvalue weighted by Crippen LogP contribution is -2.26. The van der Waals surface area contributed by atoms with Gasteiger partial charge in [0.05, 0.1) is 0 Å². The van der Waals surface area contributed by atoms with Gasteiger partial charge in [-0.05, 0) is 19.3 Å². The van der Waals surface area contributed by atoms with E-state index in [1.54, 1.807) is 0 Å². The SMILES string of the molecule is CC1(C)C#CCC1(C)C. The molecule has 0 aromatic heterocycles. The van der Waals surface area contributed by atoms with Crippen LogP contribution in [0.15, 0.2) is 0 Å². The third kappa shape index (κ3) is 0.852. The summed E-state index contributed by atoms with van der Waals surface area (Å²) in [6.07, 6.45) is 1.06. The molecule has 0 saturated heterocycles. The molecule has 0 heteroatoms. The van der Waals surface area contributed by atoms with Gasteiger partial charge in [0.1, 0.15) is 0 Å². The molecule has 0 saturated carbocycles. The Bertz CT molecular complexity index is 174. The van der Waals surface area contributed by atoms with Gasteiger partial charge >= 0.3 is 0 Å². The van der Waals surface area contributed by atoms with E-state index in [2.05, 4.69) is 39.5 Å². The third-order valence-electron chi connectivity index (χ3n) is 2.62. The smallest absolute Gasteiger partial charge is 0.0318 e. The Kier molecular flexibility index (Phi) is 1.14. The molecular formula is C9H14. The molecule has 0 radical (unpaired) electrons. The molecular weight excluding hydrogens is 108 g/mol. The molecule has 1 rings (SSSR count). The van der Waals surface area contributed by atoms with Gasteiger partial charge in [0.2, 0.25) is 0 Å². The summed E-state index contributed by atoms with van der Waals surface area (Å²) in [6, 6.07) is 0. The highest BCUT2D eigenvalue weighted by Crippen LogP contribution is 2.43. The van der Waals surface area contributed by atoms with Crippen LogP contribution in [0.1, 0.15) is 34.1 Å². The average Bonchev–Trinajstić information content (AvgIpc) is 1.81. The number of hydrogen-bond acceptors (Lipinski definition) is 0. The van der Waals surface area contributed by atoms with Crippen molar-refractivity contribution in [2.24, 2.45) is 10.8 Å². The molecule has 0 aromatic rings. The fraction of sp³-hybridized carbons (Fsp3) is 0.778. The maximum absolute atomic E-state index is 3.24. The predicted molar refractivity (Wildman–Crippen MR) is 40.0 cm³/mol. The first-order chi connectivity index (χ1) is 3.96. The molecule has 9 heavy (non-hydrogen) atoms. The Morgan fingerprint density at radius 3 is 1.78 bits per heavy atom. The molecule has 0 aliphatic heterocycles. The van der Waals surface area contributed by atoms with E-state index in [9.17, 15) is 0 Å². The molecule has 0 spiro atoms. The van der Waals surface area contributed by atoms with Crippen LogP contribution in [0.4, 0.5) is 0 Å². The van der Waals surface area contributed by atoms with Gasteiger partial charge in [-0.3, -0.25) is 0 Å². The van der Waals surface area contributed by atoms with Crippen LogP contribution in [0.3, 0.4) is 0 Å². The van der Waals surface area contributed by atoms with Gasteiger partial charge in [-0.15, -0.1) is 5.92 Å². The molecule has 0 aromatic carbocycles. The molecule has 50 valence electrons. The molecule has 1 aliphatic rings. The molecule has 0 heterocycles. The summed E-state index contributed by atoms with van der Waals surface area (Å²) >= 11 is 0. The van der Waals surface area contributed by atoms with Crippen molar-refractivity contribution in [2.45, 2.75) is 34.1 Å². The van der Waals surface area contributed by atoms with E-state index in [0.717, 1.165) is 6.42 Å². The molecule has 0 N–H and O–H groups in total. The first-order valence-electron chi connectivity index (χ1n) is 3.46. The highest BCUT2D eigenvalue weighted by Gasteiger charge is 2.37. The fourth-order valence-electron chi connectivity index (χ4n) is 0.876. The maximum Gasteiger partial charge on any atom is 0.0318 e. The van der Waals surface area contributed by atoms with E-state index < -0.39 is 0 Å². The Morgan fingerprint density at radius 1 is 1.11 bits per heavy atom. The van der Waals surface area contributed by atoms with Gasteiger partial charge in [0.15, 0.2) is 0 Å². The first kappa shape index (κ1) is 6.68. The largest absolute Gasteiger partial charge is 0.102 e. The summed E-state index contributed by atoms with van der Waals surface area (Å²) in [6.45, 7) is 8.96. The van der Waals surface area contributed by atoms with Crippen LogP contribution in [0.2, 0.25) is 0 Å². The Morgan fingerprint density at radius 2 is 1.67 bits per heavy atom. The topological polar surface area (TPSA) is 0 Å². The van der Waals surface area contributed by atoms with E-state index in [0.29, 0.717) is 5.41 Å². The van der Waals surface area contributed by atoms with Gasteiger partial charge in [0, 0.05) is 11.8 Å². The highest BCUT2D eigenvalue weighted by molar-refractivity contribution is 5.22. The van der Waals surface area contributed by atoms with E-state index in [1.807, 2.05) is 0 Å². The molecule has 0 bridgehead atoms. The zero-order chi connectivity index (χ0) is 7.12. The maximum atomic E-state index is 3.24. The van der Waals surface area contributed by atoms with Crippen LogP contribution in [-0.2, 0) is 0 Å². The average molecular weight is 122 g/mol. The lowest BCUT2D eigenvalue weighted by molar-refractivity contribution is 0.197. The van der Waals surface area contributed by atoms with Gasteiger partial charge < -0.3 is 0 Å². The van der Waals surface area contributed by atoms with Crippen LogP contribution >= 0.6 is 0 Å². The van der Waals surface area contributed by atoms with Crippen LogP contribution in [0.25, 0.3) is 0 Å². The minimum Gasteiger partial charge on any atom is -0.102 e. The molecule has 0 atom stereocenters. The van der Waals surface area contributed by atoms with Crippen LogP contribution in [0.5, 0.6) is 0 Å². The van der Waals surface area contributed by atoms with Gasteiger partial charge in [-0.1, -0.05) is 19.8 Å². The van der Waals surface area contributed by atoms with E-state index in [4.69, 9.17) is 0 Å². The molecule has 0 nitrogen and oxygen atoms in total. The third-order valence-corrected chi connectivity index (χ3v) is 2.62. The van der Waals surface area contributed by atoms with Crippen molar-refractivity contribution in [1.82, 2.24) is 0 Å². The van der Waals surface area contributed by atoms with Gasteiger partial charge in [-0.2, -0.15) is 0 Å². The van der Waals surface area contributed by atoms with E-state index in [-0.39, 0.29) is 5.41 Å². The zero-order valence-electron chi connectivity index (χ0n) is 6.71. The van der Waals surface area contributed by atoms with Crippen molar-refractivity contribution >= 4 is 0 Å². The summed E-state index contributed by atoms with van der Waals surface area (Å²) in [5.41, 5.74) is 0.597. The van der Waals surface area contributed by atoms with Crippen LogP contribution < -0.4 is 0 Å². The van der Waals surface area contributed by atoms with Crippen molar-refractivity contribution in [1.29, 1.82) is 0 Å². The van der Waals surface area contributed by atoms with Crippen molar-refractivity contribution in [2.75, 3.05) is 0 Å². The normalized spacial score (nSPS) is 27.1. The first-order valence-corrected chi connectivity index (χ1v) is 3.46. The van der Waals surface area contributed by atoms with Crippen molar-refractivity contribution in [3.05, 3.63) is 0 Å². The van der Waals surface area contributed by atoms with Crippen molar-refractivity contribution in [3.63, 3.8) is 0 Å². The molecule has 1 aliphatic carbocycles. The van der Waals surface area contributed by atoms with Crippen molar-refractivity contribution < 1.29 is 0 Å². The summed E-state index contributed by atoms with van der Waals surface area (Å²) in [7, 11) is 0. The minimum atomic E-state index is 0.229. The summed E-state index contributed by atoms with van der Waals surface area (Å²) in [4.78, 5) is 0. The monoisotopic (exact) mass is 122 g/mol. The highest BCUT2D eigenvalue weighted by atomic mass is 14.4. The quantitative estimate of drug-likeness (QED) is 0.433. The van der Waals surface area contributed by atoms with Crippen LogP contribution in [0, 0.1) is 22.7 Å². The molecule has 0 fully saturated rings. The lowest BCUT2D eigenvalue weighted by atomic mass is 9.70. The second-order valence-electron chi connectivity index (χ2n) is 3.99. The van der Waals surface area contributed by atoms with E-state index in [1.165, 1.54) is 0 Å². The number of hydrogen-bond donors (Lipinski definition) is 0. The summed E-state index contributed by atoms with van der Waals surface area (Å²) in [5, 5.41) is 0. The standard InChI is InChI=1S/C9H14/c1-8(2)6-5-7-9(8,3)4/h6H2,1-4H3. The van der Waals surface area contributed by atoms with Crippen LogP contribution in [-0.4, -0.2) is 0 Å². The Balaban J connectivity index is 2.88. The molecule has 0 unspecified atom stereocenters. The fourth-order valence-corrected chi connectivity index (χ4v) is 0.876. The second-order valence-corrected chi connectivity index (χ2v) is 3.99. The summed E-state index contributed by atoms with van der Waals surface area (Å²) in [5.74, 6) is 6.39. The predicted octanol–water partition coefficient (Wildman–Crippen LogP) is 2.45. The summed E-state index contributed by atoms with van der Waals surface area (Å²) < 4.78 is 0. The Hall–Kier alpha value is -0.440. The Labute approximate surface area is 57.7 Å². The second kappa shape index (κ2) is 1.53. The number of rotatable bonds is 0. The van der Waals surface area contributed by atoms with Crippen molar-refractivity contribution in [3.8, 4) is 11.8 Å². The van der Waals surface area contributed by atoms with Gasteiger partial charge in [0.25, 0.3) is 0 Å². The lowest BCUT2D eigenvalue weighted by Gasteiger charge is -2.32. The molecule has 0 amide bonds. The van der Waals surface area contributed by atoms with E-state index >= 15 is 0 Å².